The van der Waals surface area contributed by atoms with Gasteiger partial charge in [-0.15, -0.1) is 0 Å². The van der Waals surface area contributed by atoms with Gasteiger partial charge in [0.1, 0.15) is 11.4 Å². The Bertz CT molecular complexity index is 1190. The molecule has 0 aromatic carbocycles. The molecule has 10 heteroatoms. The highest BCUT2D eigenvalue weighted by Gasteiger charge is 2.32. The molecule has 7 nitrogen and oxygen atoms in total. The smallest absolute Gasteiger partial charge is 0.433 e. The van der Waals surface area contributed by atoms with Gasteiger partial charge in [-0.25, -0.2) is 0 Å². The van der Waals surface area contributed by atoms with Gasteiger partial charge in [-0.2, -0.15) is 13.2 Å². The van der Waals surface area contributed by atoms with Crippen LogP contribution in [0.1, 0.15) is 31.0 Å². The third-order valence-corrected chi connectivity index (χ3v) is 6.48. The summed E-state index contributed by atoms with van der Waals surface area (Å²) in [6, 6.07) is 7.57. The van der Waals surface area contributed by atoms with Crippen LogP contribution < -0.4 is 15.6 Å². The van der Waals surface area contributed by atoms with Crippen LogP contribution in [0.3, 0.4) is 0 Å². The number of halogens is 3. The SMILES string of the molecule is COc1cnc2ccc(=O)n(CCN3CCC(C)(NCc4ccc(C(F)(F)F)nc4)CC3)c2c1. The third-order valence-electron chi connectivity index (χ3n) is 6.48. The number of ether oxygens (including phenoxy) is 1. The number of hydrogen-bond donors (Lipinski definition) is 1. The molecule has 0 unspecified atom stereocenters. The van der Waals surface area contributed by atoms with E-state index >= 15 is 0 Å². The maximum atomic E-state index is 12.7. The molecule has 0 amide bonds. The second kappa shape index (κ2) is 9.71. The van der Waals surface area contributed by atoms with Crippen LogP contribution in [-0.2, 0) is 19.3 Å². The number of methoxy groups -OCH3 is 1. The molecular formula is C24H28F3N5O2. The number of fused-ring (bicyclic) bond motifs is 1. The van der Waals surface area contributed by atoms with Crippen LogP contribution in [0.2, 0.25) is 0 Å². The van der Waals surface area contributed by atoms with Crippen LogP contribution in [-0.4, -0.2) is 51.7 Å². The zero-order valence-corrected chi connectivity index (χ0v) is 19.2. The van der Waals surface area contributed by atoms with Crippen LogP contribution in [0.25, 0.3) is 11.0 Å². The van der Waals surface area contributed by atoms with E-state index in [0.717, 1.165) is 55.1 Å². The van der Waals surface area contributed by atoms with E-state index in [1.807, 2.05) is 6.07 Å². The number of alkyl halides is 3. The van der Waals surface area contributed by atoms with E-state index in [-0.39, 0.29) is 11.1 Å². The van der Waals surface area contributed by atoms with Gasteiger partial charge in [0.05, 0.1) is 24.3 Å². The van der Waals surface area contributed by atoms with E-state index in [1.165, 1.54) is 18.3 Å². The monoisotopic (exact) mass is 475 g/mol. The summed E-state index contributed by atoms with van der Waals surface area (Å²) in [5.41, 5.74) is 1.14. The molecule has 4 heterocycles. The van der Waals surface area contributed by atoms with Crippen molar-refractivity contribution >= 4 is 11.0 Å². The van der Waals surface area contributed by atoms with E-state index in [4.69, 9.17) is 4.74 Å². The standard InChI is InChI=1S/C24H28F3N5O2/c1-23(30-15-17-3-5-21(29-14-17)24(25,26)27)7-9-31(10-8-23)11-12-32-20-13-18(34-2)16-28-19(20)4-6-22(32)33/h3-6,13-14,16,30H,7-12,15H2,1-2H3. The minimum atomic E-state index is -4.43. The summed E-state index contributed by atoms with van der Waals surface area (Å²) in [5, 5.41) is 3.49. The van der Waals surface area contributed by atoms with Crippen LogP contribution in [0.15, 0.2) is 47.5 Å². The molecule has 0 bridgehead atoms. The highest BCUT2D eigenvalue weighted by atomic mass is 19.4. The molecule has 1 fully saturated rings. The van der Waals surface area contributed by atoms with Crippen molar-refractivity contribution in [2.75, 3.05) is 26.7 Å². The highest BCUT2D eigenvalue weighted by Crippen LogP contribution is 2.27. The first-order valence-corrected chi connectivity index (χ1v) is 11.2. The van der Waals surface area contributed by atoms with Crippen molar-refractivity contribution in [2.24, 2.45) is 0 Å². The van der Waals surface area contributed by atoms with Gasteiger partial charge in [-0.1, -0.05) is 6.07 Å². The molecule has 3 aromatic rings. The first kappa shape index (κ1) is 24.2. The van der Waals surface area contributed by atoms with Crippen molar-refractivity contribution in [1.82, 2.24) is 24.8 Å². The number of likely N-dealkylation sites (tertiary alicyclic amines) is 1. The van der Waals surface area contributed by atoms with Gasteiger partial charge in [0, 0.05) is 43.5 Å². The quantitative estimate of drug-likeness (QED) is 0.564. The van der Waals surface area contributed by atoms with Gasteiger partial charge >= 0.3 is 6.18 Å². The molecular weight excluding hydrogens is 447 g/mol. The summed E-state index contributed by atoms with van der Waals surface area (Å²) in [7, 11) is 1.57. The minimum Gasteiger partial charge on any atom is -0.495 e. The molecule has 0 spiro atoms. The molecule has 0 radical (unpaired) electrons. The van der Waals surface area contributed by atoms with Crippen LogP contribution in [0.4, 0.5) is 13.2 Å². The summed E-state index contributed by atoms with van der Waals surface area (Å²) >= 11 is 0. The highest BCUT2D eigenvalue weighted by molar-refractivity contribution is 5.75. The Morgan fingerprint density at radius 3 is 2.50 bits per heavy atom. The summed E-state index contributed by atoms with van der Waals surface area (Å²) in [6.45, 7) is 5.59. The number of piperidine rings is 1. The first-order valence-electron chi connectivity index (χ1n) is 11.2. The number of pyridine rings is 3. The van der Waals surface area contributed by atoms with E-state index < -0.39 is 11.9 Å². The predicted molar refractivity (Wildman–Crippen MR) is 123 cm³/mol. The molecule has 3 aromatic heterocycles. The van der Waals surface area contributed by atoms with Crippen LogP contribution in [0.5, 0.6) is 5.75 Å². The lowest BCUT2D eigenvalue weighted by molar-refractivity contribution is -0.141. The van der Waals surface area contributed by atoms with Crippen molar-refractivity contribution in [3.05, 3.63) is 64.3 Å². The maximum Gasteiger partial charge on any atom is 0.433 e. The number of nitrogens with zero attached hydrogens (tertiary/aromatic N) is 4. The third kappa shape index (κ3) is 5.56. The molecule has 1 aliphatic rings. The van der Waals surface area contributed by atoms with Gasteiger partial charge in [-0.05, 0) is 50.6 Å². The molecule has 182 valence electrons. The Morgan fingerprint density at radius 2 is 1.85 bits per heavy atom. The Balaban J connectivity index is 1.32. The fraction of sp³-hybridized carbons (Fsp3) is 0.458. The zero-order valence-electron chi connectivity index (χ0n) is 19.2. The lowest BCUT2D eigenvalue weighted by atomic mass is 9.89. The first-order chi connectivity index (χ1) is 16.2. The molecule has 0 atom stereocenters. The van der Waals surface area contributed by atoms with E-state index in [0.29, 0.717) is 18.8 Å². The van der Waals surface area contributed by atoms with Crippen molar-refractivity contribution in [1.29, 1.82) is 0 Å². The van der Waals surface area contributed by atoms with Crippen LogP contribution in [0, 0.1) is 0 Å². The number of aromatic nitrogens is 3. The number of nitrogens with one attached hydrogen (secondary N) is 1. The van der Waals surface area contributed by atoms with Gasteiger partial charge in [0.2, 0.25) is 0 Å². The van der Waals surface area contributed by atoms with Gasteiger partial charge in [-0.3, -0.25) is 14.8 Å². The normalized spacial score (nSPS) is 16.6. The van der Waals surface area contributed by atoms with E-state index in [2.05, 4.69) is 27.1 Å². The Morgan fingerprint density at radius 1 is 1.09 bits per heavy atom. The van der Waals surface area contributed by atoms with Crippen molar-refractivity contribution in [3.8, 4) is 5.75 Å². The zero-order chi connectivity index (χ0) is 24.3. The average Bonchev–Trinajstić information content (AvgIpc) is 2.83. The molecule has 0 aliphatic carbocycles. The molecule has 1 aliphatic heterocycles. The summed E-state index contributed by atoms with van der Waals surface area (Å²) < 4.78 is 45.1. The summed E-state index contributed by atoms with van der Waals surface area (Å²) in [4.78, 5) is 22.7. The van der Waals surface area contributed by atoms with Crippen molar-refractivity contribution in [2.45, 2.75) is 44.6 Å². The van der Waals surface area contributed by atoms with E-state index in [9.17, 15) is 18.0 Å². The maximum absolute atomic E-state index is 12.7. The lowest BCUT2D eigenvalue weighted by Gasteiger charge is -2.40. The van der Waals surface area contributed by atoms with Gasteiger partial charge < -0.3 is 19.5 Å². The van der Waals surface area contributed by atoms with Crippen molar-refractivity contribution in [3.63, 3.8) is 0 Å². The summed E-state index contributed by atoms with van der Waals surface area (Å²) in [5.74, 6) is 0.606. The Kier molecular flexibility index (Phi) is 6.90. The molecule has 0 saturated carbocycles. The fourth-order valence-corrected chi connectivity index (χ4v) is 4.19. The van der Waals surface area contributed by atoms with Gasteiger partial charge in [0.25, 0.3) is 5.56 Å². The van der Waals surface area contributed by atoms with Gasteiger partial charge in [0.15, 0.2) is 0 Å². The Labute approximate surface area is 195 Å². The molecule has 1 saturated heterocycles. The Hall–Kier alpha value is -2.98. The number of rotatable bonds is 7. The van der Waals surface area contributed by atoms with E-state index in [1.54, 1.807) is 23.9 Å². The largest absolute Gasteiger partial charge is 0.495 e. The number of hydrogen-bond acceptors (Lipinski definition) is 6. The topological polar surface area (TPSA) is 72.3 Å². The van der Waals surface area contributed by atoms with Crippen LogP contribution >= 0.6 is 0 Å². The lowest BCUT2D eigenvalue weighted by Crippen LogP contribution is -2.51. The fourth-order valence-electron chi connectivity index (χ4n) is 4.19. The second-order valence-electron chi connectivity index (χ2n) is 8.91. The average molecular weight is 476 g/mol. The summed E-state index contributed by atoms with van der Waals surface area (Å²) in [6.07, 6.45) is 0.267. The minimum absolute atomic E-state index is 0.0729. The van der Waals surface area contributed by atoms with Crippen molar-refractivity contribution < 1.29 is 17.9 Å². The molecule has 34 heavy (non-hydrogen) atoms. The second-order valence-corrected chi connectivity index (χ2v) is 8.91. The molecule has 1 N–H and O–H groups in total. The predicted octanol–water partition coefficient (Wildman–Crippen LogP) is 3.46. The molecule has 4 rings (SSSR count).